The summed E-state index contributed by atoms with van der Waals surface area (Å²) in [7, 11) is 1.59. The zero-order valence-electron chi connectivity index (χ0n) is 12.4. The first-order valence-corrected chi connectivity index (χ1v) is 6.99. The largest absolute Gasteiger partial charge is 0.497 e. The van der Waals surface area contributed by atoms with Gasteiger partial charge in [0.2, 0.25) is 0 Å². The number of nitrogens with one attached hydrogen (secondary N) is 2. The molecule has 0 aliphatic heterocycles. The van der Waals surface area contributed by atoms with Gasteiger partial charge in [0.05, 0.1) is 7.11 Å². The molecule has 3 aromatic rings. The number of benzene rings is 2. The van der Waals surface area contributed by atoms with E-state index in [9.17, 15) is 4.79 Å². The van der Waals surface area contributed by atoms with Crippen LogP contribution >= 0.6 is 0 Å². The lowest BCUT2D eigenvalue weighted by atomic mass is 10.2. The van der Waals surface area contributed by atoms with Crippen LogP contribution in [0, 0.1) is 0 Å². The fraction of sp³-hybridized carbons (Fsp3) is 0.0588. The molecule has 0 saturated heterocycles. The molecule has 0 spiro atoms. The van der Waals surface area contributed by atoms with Crippen LogP contribution in [-0.2, 0) is 0 Å². The molecule has 3 rings (SSSR count). The number of nitrogens with zero attached hydrogens (tertiary/aromatic N) is 1. The molecule has 0 radical (unpaired) electrons. The van der Waals surface area contributed by atoms with Crippen molar-refractivity contribution in [2.45, 2.75) is 0 Å². The predicted molar refractivity (Wildman–Crippen MR) is 87.6 cm³/mol. The second-order valence-electron chi connectivity index (χ2n) is 4.75. The Labute approximate surface area is 133 Å². The van der Waals surface area contributed by atoms with Gasteiger partial charge in [-0.2, -0.15) is 0 Å². The topological polar surface area (TPSA) is 76.4 Å². The maximum Gasteiger partial charge on any atom is 0.324 e. The first kappa shape index (κ1) is 14.6. The van der Waals surface area contributed by atoms with Crippen LogP contribution in [0.1, 0.15) is 0 Å². The van der Waals surface area contributed by atoms with E-state index in [1.807, 2.05) is 30.3 Å². The van der Waals surface area contributed by atoms with Gasteiger partial charge in [-0.05, 0) is 24.3 Å². The first-order chi connectivity index (χ1) is 11.2. The third-order valence-corrected chi connectivity index (χ3v) is 3.16. The van der Waals surface area contributed by atoms with Crippen molar-refractivity contribution in [1.29, 1.82) is 0 Å². The van der Waals surface area contributed by atoms with E-state index in [1.54, 1.807) is 37.4 Å². The summed E-state index contributed by atoms with van der Waals surface area (Å²) in [5.41, 5.74) is 1.54. The Morgan fingerprint density at radius 3 is 2.48 bits per heavy atom. The van der Waals surface area contributed by atoms with Crippen molar-refractivity contribution in [3.8, 4) is 17.1 Å². The number of urea groups is 1. The molecule has 6 nitrogen and oxygen atoms in total. The Morgan fingerprint density at radius 1 is 1.04 bits per heavy atom. The first-order valence-electron chi connectivity index (χ1n) is 6.99. The maximum atomic E-state index is 11.9. The standard InChI is InChI=1S/C17H15N3O3/c1-22-14-9-7-13(8-10-14)18-17(21)19-16-11-15(23-20-16)12-5-3-2-4-6-12/h2-11H,1H3,(H2,18,19,20,21). The van der Waals surface area contributed by atoms with Crippen molar-refractivity contribution in [2.24, 2.45) is 0 Å². The van der Waals surface area contributed by atoms with Gasteiger partial charge in [0.1, 0.15) is 5.75 Å². The molecule has 116 valence electrons. The van der Waals surface area contributed by atoms with E-state index in [0.717, 1.165) is 11.3 Å². The SMILES string of the molecule is COc1ccc(NC(=O)Nc2cc(-c3ccccc3)on2)cc1. The molecular weight excluding hydrogens is 294 g/mol. The normalized spacial score (nSPS) is 10.1. The number of aromatic nitrogens is 1. The molecule has 2 amide bonds. The number of methoxy groups -OCH3 is 1. The average Bonchev–Trinajstić information content (AvgIpc) is 3.04. The molecule has 23 heavy (non-hydrogen) atoms. The van der Waals surface area contributed by atoms with E-state index >= 15 is 0 Å². The Balaban J connectivity index is 1.63. The second-order valence-corrected chi connectivity index (χ2v) is 4.75. The van der Waals surface area contributed by atoms with Crippen LogP contribution in [0.5, 0.6) is 5.75 Å². The number of rotatable bonds is 4. The monoisotopic (exact) mass is 309 g/mol. The van der Waals surface area contributed by atoms with Crippen LogP contribution in [0.25, 0.3) is 11.3 Å². The Morgan fingerprint density at radius 2 is 1.78 bits per heavy atom. The molecule has 1 aromatic heterocycles. The van der Waals surface area contributed by atoms with E-state index in [2.05, 4.69) is 15.8 Å². The van der Waals surface area contributed by atoms with Gasteiger partial charge < -0.3 is 14.6 Å². The number of ether oxygens (including phenoxy) is 1. The lowest BCUT2D eigenvalue weighted by Crippen LogP contribution is -2.19. The molecule has 2 N–H and O–H groups in total. The molecule has 0 aliphatic rings. The summed E-state index contributed by atoms with van der Waals surface area (Å²) in [5.74, 6) is 1.65. The van der Waals surface area contributed by atoms with Crippen LogP contribution in [0.15, 0.2) is 65.2 Å². The molecule has 0 aliphatic carbocycles. The second kappa shape index (κ2) is 6.65. The molecular formula is C17H15N3O3. The Hall–Kier alpha value is -3.28. The highest BCUT2D eigenvalue weighted by Crippen LogP contribution is 2.22. The van der Waals surface area contributed by atoms with Gasteiger partial charge in [0.15, 0.2) is 11.6 Å². The third kappa shape index (κ3) is 3.68. The number of anilines is 2. The molecule has 1 heterocycles. The Kier molecular flexibility index (Phi) is 4.24. The van der Waals surface area contributed by atoms with Gasteiger partial charge >= 0.3 is 6.03 Å². The maximum absolute atomic E-state index is 11.9. The highest BCUT2D eigenvalue weighted by Gasteiger charge is 2.09. The minimum atomic E-state index is -0.400. The highest BCUT2D eigenvalue weighted by atomic mass is 16.5. The van der Waals surface area contributed by atoms with Gasteiger partial charge in [0, 0.05) is 17.3 Å². The lowest BCUT2D eigenvalue weighted by molar-refractivity contribution is 0.262. The summed E-state index contributed by atoms with van der Waals surface area (Å²) in [6, 6.07) is 17.8. The third-order valence-electron chi connectivity index (χ3n) is 3.16. The zero-order valence-corrected chi connectivity index (χ0v) is 12.4. The highest BCUT2D eigenvalue weighted by molar-refractivity contribution is 5.99. The van der Waals surface area contributed by atoms with Crippen LogP contribution in [0.3, 0.4) is 0 Å². The molecule has 0 bridgehead atoms. The van der Waals surface area contributed by atoms with Gasteiger partial charge in [0.25, 0.3) is 0 Å². The van der Waals surface area contributed by atoms with Crippen LogP contribution < -0.4 is 15.4 Å². The molecule has 6 heteroatoms. The summed E-state index contributed by atoms with van der Waals surface area (Å²) in [6.07, 6.45) is 0. The summed E-state index contributed by atoms with van der Waals surface area (Å²) in [5, 5.41) is 9.16. The lowest BCUT2D eigenvalue weighted by Gasteiger charge is -2.06. The number of amides is 2. The number of hydrogen-bond donors (Lipinski definition) is 2. The van der Waals surface area contributed by atoms with E-state index < -0.39 is 6.03 Å². The van der Waals surface area contributed by atoms with E-state index in [0.29, 0.717) is 17.3 Å². The van der Waals surface area contributed by atoms with Gasteiger partial charge in [-0.1, -0.05) is 35.5 Å². The summed E-state index contributed by atoms with van der Waals surface area (Å²) < 4.78 is 10.3. The number of carbonyl (C=O) groups is 1. The minimum Gasteiger partial charge on any atom is -0.497 e. The van der Waals surface area contributed by atoms with E-state index in [4.69, 9.17) is 9.26 Å². The minimum absolute atomic E-state index is 0.342. The van der Waals surface area contributed by atoms with Crippen molar-refractivity contribution in [2.75, 3.05) is 17.7 Å². The van der Waals surface area contributed by atoms with Crippen LogP contribution in [0.4, 0.5) is 16.3 Å². The molecule has 0 unspecified atom stereocenters. The summed E-state index contributed by atoms with van der Waals surface area (Å²) >= 11 is 0. The summed E-state index contributed by atoms with van der Waals surface area (Å²) in [6.45, 7) is 0. The molecule has 0 saturated carbocycles. The van der Waals surface area contributed by atoms with Gasteiger partial charge in [-0.25, -0.2) is 4.79 Å². The quantitative estimate of drug-likeness (QED) is 0.764. The predicted octanol–water partition coefficient (Wildman–Crippen LogP) is 3.99. The fourth-order valence-corrected chi connectivity index (χ4v) is 2.03. The smallest absolute Gasteiger partial charge is 0.324 e. The zero-order chi connectivity index (χ0) is 16.1. The molecule has 0 fully saturated rings. The van der Waals surface area contributed by atoms with Crippen LogP contribution in [0.2, 0.25) is 0 Å². The van der Waals surface area contributed by atoms with E-state index in [-0.39, 0.29) is 0 Å². The van der Waals surface area contributed by atoms with Crippen molar-refractivity contribution in [3.63, 3.8) is 0 Å². The summed E-state index contributed by atoms with van der Waals surface area (Å²) in [4.78, 5) is 11.9. The Bertz CT molecular complexity index is 782. The van der Waals surface area contributed by atoms with Crippen molar-refractivity contribution in [1.82, 2.24) is 5.16 Å². The van der Waals surface area contributed by atoms with Gasteiger partial charge in [-0.3, -0.25) is 5.32 Å². The van der Waals surface area contributed by atoms with Crippen molar-refractivity contribution in [3.05, 3.63) is 60.7 Å². The molecule has 0 atom stereocenters. The van der Waals surface area contributed by atoms with Crippen molar-refractivity contribution >= 4 is 17.5 Å². The molecule has 2 aromatic carbocycles. The van der Waals surface area contributed by atoms with Crippen molar-refractivity contribution < 1.29 is 14.1 Å². The van der Waals surface area contributed by atoms with Gasteiger partial charge in [-0.15, -0.1) is 0 Å². The number of hydrogen-bond acceptors (Lipinski definition) is 4. The number of carbonyl (C=O) groups excluding carboxylic acids is 1. The van der Waals surface area contributed by atoms with Crippen LogP contribution in [-0.4, -0.2) is 18.3 Å². The average molecular weight is 309 g/mol. The fourth-order valence-electron chi connectivity index (χ4n) is 2.03. The van der Waals surface area contributed by atoms with E-state index in [1.165, 1.54) is 0 Å².